The number of anilines is 1. The van der Waals surface area contributed by atoms with Crippen LogP contribution in [0.3, 0.4) is 0 Å². The van der Waals surface area contributed by atoms with Crippen molar-refractivity contribution < 1.29 is 18.6 Å². The minimum absolute atomic E-state index is 0.178. The Morgan fingerprint density at radius 3 is 2.69 bits per heavy atom. The molecule has 1 fully saturated rings. The molecule has 168 valence electrons. The molecule has 1 aliphatic heterocycles. The summed E-state index contributed by atoms with van der Waals surface area (Å²) in [5.74, 6) is -1.48. The number of aliphatic hydroxyl groups is 1. The first-order chi connectivity index (χ1) is 15.5. The van der Waals surface area contributed by atoms with E-state index in [1.165, 1.54) is 16.7 Å². The highest BCUT2D eigenvalue weighted by Gasteiger charge is 2.18. The smallest absolute Gasteiger partial charge is 0.251 e. The maximum Gasteiger partial charge on any atom is 0.251 e. The number of nitrogens with one attached hydrogen (secondary N) is 1. The molecule has 2 N–H and O–H groups in total. The average molecular weight is 442 g/mol. The third-order valence-electron chi connectivity index (χ3n) is 5.52. The number of hydrogen-bond acceptors (Lipinski definition) is 6. The highest BCUT2D eigenvalue weighted by atomic mass is 19.2. The van der Waals surface area contributed by atoms with Gasteiger partial charge in [-0.05, 0) is 49.1 Å². The van der Waals surface area contributed by atoms with Crippen LogP contribution in [0, 0.1) is 11.6 Å². The van der Waals surface area contributed by atoms with E-state index in [4.69, 9.17) is 4.74 Å². The SMILES string of the molecule is O=c1cc(-c2ccnc(NC3CCOCC3)n2)ccn1[C@H](CCO)c1ccc(F)c(F)c1. The number of aromatic nitrogens is 3. The largest absolute Gasteiger partial charge is 0.396 e. The number of benzene rings is 1. The number of aliphatic hydroxyl groups excluding tert-OH is 1. The molecule has 3 aromatic rings. The number of hydrogen-bond donors (Lipinski definition) is 2. The Morgan fingerprint density at radius 2 is 1.97 bits per heavy atom. The van der Waals surface area contributed by atoms with Crippen LogP contribution in [0.5, 0.6) is 0 Å². The van der Waals surface area contributed by atoms with Gasteiger partial charge in [-0.2, -0.15) is 0 Å². The zero-order valence-electron chi connectivity index (χ0n) is 17.4. The molecular formula is C23H24F2N4O3. The Kier molecular flexibility index (Phi) is 6.87. The van der Waals surface area contributed by atoms with Crippen molar-refractivity contribution in [2.24, 2.45) is 0 Å². The molecule has 1 saturated heterocycles. The fraction of sp³-hybridized carbons (Fsp3) is 0.348. The topological polar surface area (TPSA) is 89.3 Å². The Balaban J connectivity index is 1.60. The predicted octanol–water partition coefficient (Wildman–Crippen LogP) is 3.15. The summed E-state index contributed by atoms with van der Waals surface area (Å²) < 4.78 is 33.8. The van der Waals surface area contributed by atoms with Crippen molar-refractivity contribution in [1.82, 2.24) is 14.5 Å². The molecule has 0 amide bonds. The standard InChI is InChI=1S/C23H24F2N4O3/c24-18-2-1-16(13-19(18)25)21(5-10-30)29-9-4-15(14-22(29)31)20-3-8-26-23(28-20)27-17-6-11-32-12-7-17/h1-4,8-9,13-14,17,21,30H,5-7,10-12H2,(H,26,27,28)/t21-/m1/s1. The fourth-order valence-electron chi connectivity index (χ4n) is 3.83. The summed E-state index contributed by atoms with van der Waals surface area (Å²) in [6.45, 7) is 1.18. The van der Waals surface area contributed by atoms with Gasteiger partial charge in [-0.1, -0.05) is 6.07 Å². The molecular weight excluding hydrogens is 418 g/mol. The van der Waals surface area contributed by atoms with Crippen LogP contribution in [0.1, 0.15) is 30.9 Å². The van der Waals surface area contributed by atoms with E-state index >= 15 is 0 Å². The van der Waals surface area contributed by atoms with Gasteiger partial charge in [0.05, 0.1) is 11.7 Å². The molecule has 0 aliphatic carbocycles. The molecule has 0 bridgehead atoms. The predicted molar refractivity (Wildman–Crippen MR) is 115 cm³/mol. The minimum atomic E-state index is -0.999. The Morgan fingerprint density at radius 1 is 1.16 bits per heavy atom. The first-order valence-electron chi connectivity index (χ1n) is 10.5. The van der Waals surface area contributed by atoms with Crippen LogP contribution < -0.4 is 10.9 Å². The maximum atomic E-state index is 13.7. The Bertz CT molecular complexity index is 1130. The number of halogens is 2. The van der Waals surface area contributed by atoms with Crippen LogP contribution in [0.25, 0.3) is 11.3 Å². The van der Waals surface area contributed by atoms with Crippen molar-refractivity contribution in [2.45, 2.75) is 31.3 Å². The lowest BCUT2D eigenvalue weighted by molar-refractivity contribution is 0.0903. The quantitative estimate of drug-likeness (QED) is 0.584. The van der Waals surface area contributed by atoms with E-state index in [1.807, 2.05) is 0 Å². The molecule has 32 heavy (non-hydrogen) atoms. The molecule has 0 spiro atoms. The zero-order chi connectivity index (χ0) is 22.5. The van der Waals surface area contributed by atoms with Crippen molar-refractivity contribution in [3.8, 4) is 11.3 Å². The molecule has 0 radical (unpaired) electrons. The maximum absolute atomic E-state index is 13.7. The monoisotopic (exact) mass is 442 g/mol. The Hall–Kier alpha value is -3.17. The number of ether oxygens (including phenoxy) is 1. The van der Waals surface area contributed by atoms with Gasteiger partial charge in [0.25, 0.3) is 5.56 Å². The third kappa shape index (κ3) is 5.00. The molecule has 2 aromatic heterocycles. The van der Waals surface area contributed by atoms with Crippen molar-refractivity contribution in [3.63, 3.8) is 0 Å². The summed E-state index contributed by atoms with van der Waals surface area (Å²) in [5, 5.41) is 12.8. The summed E-state index contributed by atoms with van der Waals surface area (Å²) in [6, 6.07) is 7.97. The van der Waals surface area contributed by atoms with Crippen molar-refractivity contribution in [1.29, 1.82) is 0 Å². The first kappa shape index (κ1) is 22.0. The van der Waals surface area contributed by atoms with Crippen LogP contribution >= 0.6 is 0 Å². The summed E-state index contributed by atoms with van der Waals surface area (Å²) >= 11 is 0. The fourth-order valence-corrected chi connectivity index (χ4v) is 3.83. The lowest BCUT2D eigenvalue weighted by Crippen LogP contribution is -2.28. The van der Waals surface area contributed by atoms with E-state index in [0.29, 0.717) is 36.0 Å². The van der Waals surface area contributed by atoms with Crippen LogP contribution in [-0.2, 0) is 4.74 Å². The number of nitrogens with zero attached hydrogens (tertiary/aromatic N) is 3. The summed E-state index contributed by atoms with van der Waals surface area (Å²) in [7, 11) is 0. The molecule has 4 rings (SSSR count). The van der Waals surface area contributed by atoms with Gasteiger partial charge < -0.3 is 19.7 Å². The number of pyridine rings is 1. The number of rotatable bonds is 7. The van der Waals surface area contributed by atoms with E-state index in [2.05, 4.69) is 15.3 Å². The second kappa shape index (κ2) is 9.97. The van der Waals surface area contributed by atoms with E-state index in [1.54, 1.807) is 24.5 Å². The van der Waals surface area contributed by atoms with Crippen molar-refractivity contribution >= 4 is 5.95 Å². The third-order valence-corrected chi connectivity index (χ3v) is 5.52. The van der Waals surface area contributed by atoms with Gasteiger partial charge >= 0.3 is 0 Å². The normalized spacial score (nSPS) is 15.5. The lowest BCUT2D eigenvalue weighted by atomic mass is 10.0. The molecule has 9 heteroatoms. The molecule has 1 aromatic carbocycles. The van der Waals surface area contributed by atoms with E-state index in [-0.39, 0.29) is 24.6 Å². The first-order valence-corrected chi connectivity index (χ1v) is 10.5. The van der Waals surface area contributed by atoms with E-state index < -0.39 is 17.7 Å². The molecule has 7 nitrogen and oxygen atoms in total. The van der Waals surface area contributed by atoms with Crippen molar-refractivity contribution in [2.75, 3.05) is 25.1 Å². The van der Waals surface area contributed by atoms with Gasteiger partial charge in [0.1, 0.15) is 0 Å². The summed E-state index contributed by atoms with van der Waals surface area (Å²) in [5.41, 5.74) is 1.25. The summed E-state index contributed by atoms with van der Waals surface area (Å²) in [6.07, 6.45) is 5.13. The van der Waals surface area contributed by atoms with E-state index in [9.17, 15) is 18.7 Å². The van der Waals surface area contributed by atoms with Crippen LogP contribution in [0.15, 0.2) is 53.6 Å². The molecule has 0 saturated carbocycles. The van der Waals surface area contributed by atoms with Crippen molar-refractivity contribution in [3.05, 3.63) is 76.3 Å². The van der Waals surface area contributed by atoms with E-state index in [0.717, 1.165) is 25.0 Å². The molecule has 3 heterocycles. The van der Waals surface area contributed by atoms with Gasteiger partial charge in [0.2, 0.25) is 5.95 Å². The second-order valence-electron chi connectivity index (χ2n) is 7.66. The van der Waals surface area contributed by atoms with Crippen LogP contribution in [0.4, 0.5) is 14.7 Å². The lowest BCUT2D eigenvalue weighted by Gasteiger charge is -2.23. The highest BCUT2D eigenvalue weighted by molar-refractivity contribution is 5.59. The summed E-state index contributed by atoms with van der Waals surface area (Å²) in [4.78, 5) is 21.7. The van der Waals surface area contributed by atoms with Crippen LogP contribution in [0.2, 0.25) is 0 Å². The molecule has 0 unspecified atom stereocenters. The van der Waals surface area contributed by atoms with Gasteiger partial charge in [-0.25, -0.2) is 18.7 Å². The minimum Gasteiger partial charge on any atom is -0.396 e. The average Bonchev–Trinajstić information content (AvgIpc) is 2.80. The highest BCUT2D eigenvalue weighted by Crippen LogP contribution is 2.24. The molecule has 1 aliphatic rings. The van der Waals surface area contributed by atoms with Crippen LogP contribution in [-0.4, -0.2) is 45.5 Å². The Labute approximate surface area is 183 Å². The molecule has 1 atom stereocenters. The van der Waals surface area contributed by atoms with Gasteiger partial charge in [-0.3, -0.25) is 4.79 Å². The van der Waals surface area contributed by atoms with Gasteiger partial charge in [0.15, 0.2) is 11.6 Å². The zero-order valence-corrected chi connectivity index (χ0v) is 17.4. The second-order valence-corrected chi connectivity index (χ2v) is 7.66. The van der Waals surface area contributed by atoms with Gasteiger partial charge in [0, 0.05) is 49.9 Å². The van der Waals surface area contributed by atoms with Gasteiger partial charge in [-0.15, -0.1) is 0 Å².